The topological polar surface area (TPSA) is 61.4 Å². The lowest BCUT2D eigenvalue weighted by molar-refractivity contribution is 0.314. The third kappa shape index (κ3) is 4.86. The summed E-state index contributed by atoms with van der Waals surface area (Å²) in [5.41, 5.74) is 0.791. The van der Waals surface area contributed by atoms with Gasteiger partial charge in [-0.2, -0.15) is 0 Å². The molecule has 0 radical (unpaired) electrons. The molecule has 5 nitrogen and oxygen atoms in total. The molecule has 0 fully saturated rings. The van der Waals surface area contributed by atoms with Crippen LogP contribution in [0.15, 0.2) is 29.2 Å². The number of hydrogen-bond acceptors (Lipinski definition) is 4. The molecule has 1 unspecified atom stereocenters. The summed E-state index contributed by atoms with van der Waals surface area (Å²) in [6, 6.07) is 7.24. The molecule has 2 N–H and O–H groups in total. The molecule has 20 heavy (non-hydrogen) atoms. The molecule has 0 aliphatic heterocycles. The van der Waals surface area contributed by atoms with Crippen LogP contribution in [-0.4, -0.2) is 46.5 Å². The van der Waals surface area contributed by atoms with E-state index in [9.17, 15) is 8.42 Å². The van der Waals surface area contributed by atoms with Crippen molar-refractivity contribution in [3.8, 4) is 0 Å². The Balaban J connectivity index is 2.86. The van der Waals surface area contributed by atoms with Gasteiger partial charge in [-0.1, -0.05) is 25.1 Å². The van der Waals surface area contributed by atoms with Crippen molar-refractivity contribution in [2.75, 3.05) is 27.2 Å². The second-order valence-electron chi connectivity index (χ2n) is 5.05. The van der Waals surface area contributed by atoms with Gasteiger partial charge in [0.15, 0.2) is 0 Å². The highest BCUT2D eigenvalue weighted by atomic mass is 32.2. The lowest BCUT2D eigenvalue weighted by Gasteiger charge is -2.20. The van der Waals surface area contributed by atoms with Crippen LogP contribution >= 0.6 is 0 Å². The van der Waals surface area contributed by atoms with Gasteiger partial charge in [0.05, 0.1) is 4.90 Å². The standard InChI is InChI=1S/C14H25N3O2S/c1-5-15-11-13-8-6-7-9-14(13)20(18,19)16-10-12(2)17(3)4/h6-9,12,15-16H,5,10-11H2,1-4H3. The van der Waals surface area contributed by atoms with Gasteiger partial charge < -0.3 is 10.2 Å². The molecule has 1 aromatic rings. The summed E-state index contributed by atoms with van der Waals surface area (Å²) in [5, 5.41) is 3.16. The van der Waals surface area contributed by atoms with Crippen molar-refractivity contribution < 1.29 is 8.42 Å². The molecule has 1 atom stereocenters. The van der Waals surface area contributed by atoms with E-state index in [1.165, 1.54) is 0 Å². The maximum Gasteiger partial charge on any atom is 0.240 e. The Morgan fingerprint density at radius 2 is 1.90 bits per heavy atom. The summed E-state index contributed by atoms with van der Waals surface area (Å²) in [4.78, 5) is 2.33. The van der Waals surface area contributed by atoms with Gasteiger partial charge in [0.1, 0.15) is 0 Å². The molecule has 0 amide bonds. The normalized spacial score (nSPS) is 13.7. The molecule has 1 rings (SSSR count). The van der Waals surface area contributed by atoms with Crippen molar-refractivity contribution in [2.45, 2.75) is 31.3 Å². The number of hydrogen-bond donors (Lipinski definition) is 2. The average molecular weight is 299 g/mol. The second-order valence-corrected chi connectivity index (χ2v) is 6.79. The Labute approximate surface area is 122 Å². The average Bonchev–Trinajstić information content (AvgIpc) is 2.42. The van der Waals surface area contributed by atoms with Gasteiger partial charge in [0.25, 0.3) is 0 Å². The largest absolute Gasteiger partial charge is 0.313 e. The monoisotopic (exact) mass is 299 g/mol. The highest BCUT2D eigenvalue weighted by Gasteiger charge is 2.18. The third-order valence-electron chi connectivity index (χ3n) is 3.28. The molecule has 0 saturated carbocycles. The van der Waals surface area contributed by atoms with Gasteiger partial charge in [-0.15, -0.1) is 0 Å². The van der Waals surface area contributed by atoms with Crippen LogP contribution in [0, 0.1) is 0 Å². The molecular formula is C14H25N3O2S. The summed E-state index contributed by atoms with van der Waals surface area (Å²) in [7, 11) is 0.391. The van der Waals surface area contributed by atoms with Crippen LogP contribution in [0.5, 0.6) is 0 Å². The summed E-state index contributed by atoms with van der Waals surface area (Å²) < 4.78 is 27.4. The summed E-state index contributed by atoms with van der Waals surface area (Å²) >= 11 is 0. The van der Waals surface area contributed by atoms with E-state index in [0.717, 1.165) is 12.1 Å². The maximum absolute atomic E-state index is 12.4. The van der Waals surface area contributed by atoms with E-state index in [1.807, 2.05) is 45.0 Å². The van der Waals surface area contributed by atoms with Gasteiger partial charge in [-0.25, -0.2) is 13.1 Å². The van der Waals surface area contributed by atoms with E-state index >= 15 is 0 Å². The Morgan fingerprint density at radius 3 is 2.50 bits per heavy atom. The Hall–Kier alpha value is -0.950. The fourth-order valence-electron chi connectivity index (χ4n) is 1.66. The summed E-state index contributed by atoms with van der Waals surface area (Å²) in [6.07, 6.45) is 0. The van der Waals surface area contributed by atoms with E-state index in [0.29, 0.717) is 18.0 Å². The molecule has 6 heteroatoms. The molecular weight excluding hydrogens is 274 g/mol. The third-order valence-corrected chi connectivity index (χ3v) is 4.80. The van der Waals surface area contributed by atoms with Gasteiger partial charge in [-0.05, 0) is 39.2 Å². The summed E-state index contributed by atoms with van der Waals surface area (Å²) in [5.74, 6) is 0. The predicted octanol–water partition coefficient (Wildman–Crippen LogP) is 1.02. The fraction of sp³-hybridized carbons (Fsp3) is 0.571. The molecule has 0 heterocycles. The lowest BCUT2D eigenvalue weighted by atomic mass is 10.2. The van der Waals surface area contributed by atoms with E-state index in [-0.39, 0.29) is 6.04 Å². The fourth-order valence-corrected chi connectivity index (χ4v) is 3.02. The summed E-state index contributed by atoms with van der Waals surface area (Å²) in [6.45, 7) is 5.72. The predicted molar refractivity (Wildman–Crippen MR) is 82.2 cm³/mol. The van der Waals surface area contributed by atoms with Crippen molar-refractivity contribution in [3.63, 3.8) is 0 Å². The minimum Gasteiger partial charge on any atom is -0.313 e. The first kappa shape index (κ1) is 17.1. The first-order chi connectivity index (χ1) is 9.38. The number of nitrogens with zero attached hydrogens (tertiary/aromatic N) is 1. The van der Waals surface area contributed by atoms with Crippen LogP contribution in [0.1, 0.15) is 19.4 Å². The zero-order valence-corrected chi connectivity index (χ0v) is 13.5. The number of benzene rings is 1. The molecule has 0 spiro atoms. The van der Waals surface area contributed by atoms with Crippen LogP contribution in [0.25, 0.3) is 0 Å². The molecule has 0 saturated heterocycles. The number of sulfonamides is 1. The van der Waals surface area contributed by atoms with Gasteiger partial charge >= 0.3 is 0 Å². The Kier molecular flexibility index (Phi) is 6.61. The Bertz CT molecular complexity index is 515. The molecule has 114 valence electrons. The van der Waals surface area contributed by atoms with Gasteiger partial charge in [-0.3, -0.25) is 0 Å². The van der Waals surface area contributed by atoms with Crippen LogP contribution in [0.4, 0.5) is 0 Å². The van der Waals surface area contributed by atoms with Crippen molar-refractivity contribution in [1.29, 1.82) is 0 Å². The van der Waals surface area contributed by atoms with Crippen molar-refractivity contribution in [1.82, 2.24) is 14.9 Å². The van der Waals surface area contributed by atoms with Gasteiger partial charge in [0.2, 0.25) is 10.0 Å². The lowest BCUT2D eigenvalue weighted by Crippen LogP contribution is -2.38. The molecule has 0 aliphatic carbocycles. The van der Waals surface area contributed by atoms with Crippen molar-refractivity contribution >= 4 is 10.0 Å². The number of rotatable bonds is 8. The Morgan fingerprint density at radius 1 is 1.25 bits per heavy atom. The van der Waals surface area contributed by atoms with Crippen LogP contribution in [-0.2, 0) is 16.6 Å². The van der Waals surface area contributed by atoms with E-state index in [1.54, 1.807) is 12.1 Å². The van der Waals surface area contributed by atoms with Crippen LogP contribution in [0.2, 0.25) is 0 Å². The maximum atomic E-state index is 12.4. The van der Waals surface area contributed by atoms with Crippen molar-refractivity contribution in [3.05, 3.63) is 29.8 Å². The van der Waals surface area contributed by atoms with Crippen LogP contribution < -0.4 is 10.0 Å². The highest BCUT2D eigenvalue weighted by molar-refractivity contribution is 7.89. The molecule has 0 aromatic heterocycles. The smallest absolute Gasteiger partial charge is 0.240 e. The van der Waals surface area contributed by atoms with Crippen LogP contribution in [0.3, 0.4) is 0 Å². The SMILES string of the molecule is CCNCc1ccccc1S(=O)(=O)NCC(C)N(C)C. The molecule has 0 aliphatic rings. The van der Waals surface area contributed by atoms with E-state index < -0.39 is 10.0 Å². The number of likely N-dealkylation sites (N-methyl/N-ethyl adjacent to an activating group) is 1. The van der Waals surface area contributed by atoms with Gasteiger partial charge in [0, 0.05) is 19.1 Å². The first-order valence-corrected chi connectivity index (χ1v) is 8.31. The highest BCUT2D eigenvalue weighted by Crippen LogP contribution is 2.15. The minimum atomic E-state index is -3.47. The quantitative estimate of drug-likeness (QED) is 0.752. The van der Waals surface area contributed by atoms with E-state index in [2.05, 4.69) is 10.0 Å². The van der Waals surface area contributed by atoms with E-state index in [4.69, 9.17) is 0 Å². The molecule has 0 bridgehead atoms. The zero-order valence-electron chi connectivity index (χ0n) is 12.7. The minimum absolute atomic E-state index is 0.144. The first-order valence-electron chi connectivity index (χ1n) is 6.83. The zero-order chi connectivity index (χ0) is 15.2. The second kappa shape index (κ2) is 7.73. The number of nitrogens with one attached hydrogen (secondary N) is 2. The van der Waals surface area contributed by atoms with Crippen molar-refractivity contribution in [2.24, 2.45) is 0 Å². The molecule has 1 aromatic carbocycles.